The Morgan fingerprint density at radius 3 is 2.19 bits per heavy atom. The highest BCUT2D eigenvalue weighted by Gasteiger charge is 2.21. The Bertz CT molecular complexity index is 475. The van der Waals surface area contributed by atoms with E-state index < -0.39 is 0 Å². The van der Waals surface area contributed by atoms with Gasteiger partial charge in [-0.2, -0.15) is 0 Å². The number of hydrogen-bond acceptors (Lipinski definition) is 4. The van der Waals surface area contributed by atoms with Crippen molar-refractivity contribution < 1.29 is 19.0 Å². The molecule has 1 aromatic carbocycles. The molecule has 0 aliphatic heterocycles. The van der Waals surface area contributed by atoms with E-state index in [0.29, 0.717) is 29.7 Å². The van der Waals surface area contributed by atoms with E-state index in [9.17, 15) is 4.79 Å². The van der Waals surface area contributed by atoms with Crippen LogP contribution in [0.25, 0.3) is 0 Å². The third kappa shape index (κ3) is 4.18. The Labute approximate surface area is 124 Å². The first-order valence-electron chi connectivity index (χ1n) is 6.98. The van der Waals surface area contributed by atoms with E-state index in [1.165, 1.54) is 12.8 Å². The highest BCUT2D eigenvalue weighted by Crippen LogP contribution is 2.38. The molecule has 1 aromatic rings. The van der Waals surface area contributed by atoms with Crippen molar-refractivity contribution in [1.82, 2.24) is 10.6 Å². The van der Waals surface area contributed by atoms with Crippen molar-refractivity contribution in [2.24, 2.45) is 5.92 Å². The summed E-state index contributed by atoms with van der Waals surface area (Å²) in [5.41, 5.74) is 0.881. The lowest BCUT2D eigenvalue weighted by Crippen LogP contribution is -2.36. The minimum atomic E-state index is -0.157. The SMILES string of the molecule is COc1cc(CNC(=O)NCC2CC2)cc(OC)c1OC. The molecule has 0 heterocycles. The first kappa shape index (κ1) is 15.3. The molecule has 0 bridgehead atoms. The highest BCUT2D eigenvalue weighted by atomic mass is 16.5. The van der Waals surface area contributed by atoms with Crippen LogP contribution in [0.5, 0.6) is 17.2 Å². The van der Waals surface area contributed by atoms with E-state index in [0.717, 1.165) is 12.1 Å². The number of carbonyl (C=O) groups is 1. The number of urea groups is 1. The molecule has 6 nitrogen and oxygen atoms in total. The van der Waals surface area contributed by atoms with Crippen molar-refractivity contribution in [2.45, 2.75) is 19.4 Å². The van der Waals surface area contributed by atoms with Gasteiger partial charge in [-0.05, 0) is 36.5 Å². The van der Waals surface area contributed by atoms with E-state index in [4.69, 9.17) is 14.2 Å². The maximum Gasteiger partial charge on any atom is 0.315 e. The van der Waals surface area contributed by atoms with Crippen LogP contribution in [0.3, 0.4) is 0 Å². The Morgan fingerprint density at radius 1 is 1.10 bits per heavy atom. The van der Waals surface area contributed by atoms with Crippen molar-refractivity contribution >= 4 is 6.03 Å². The summed E-state index contributed by atoms with van der Waals surface area (Å²) in [5, 5.41) is 5.68. The second-order valence-corrected chi connectivity index (χ2v) is 5.04. The molecule has 1 fully saturated rings. The molecule has 1 aliphatic carbocycles. The lowest BCUT2D eigenvalue weighted by molar-refractivity contribution is 0.240. The van der Waals surface area contributed by atoms with Crippen LogP contribution in [0, 0.1) is 5.92 Å². The number of benzene rings is 1. The summed E-state index contributed by atoms with van der Waals surface area (Å²) in [6.45, 7) is 1.15. The molecule has 0 aromatic heterocycles. The first-order valence-corrected chi connectivity index (χ1v) is 6.98. The summed E-state index contributed by atoms with van der Waals surface area (Å²) in [7, 11) is 4.69. The minimum Gasteiger partial charge on any atom is -0.493 e. The van der Waals surface area contributed by atoms with Gasteiger partial charge in [-0.3, -0.25) is 0 Å². The zero-order valence-corrected chi connectivity index (χ0v) is 12.7. The Hall–Kier alpha value is -2.11. The molecule has 6 heteroatoms. The molecule has 116 valence electrons. The molecule has 2 amide bonds. The third-order valence-electron chi connectivity index (χ3n) is 3.43. The zero-order chi connectivity index (χ0) is 15.2. The second kappa shape index (κ2) is 7.06. The molecule has 0 spiro atoms. The fourth-order valence-electron chi connectivity index (χ4n) is 2.04. The number of amides is 2. The van der Waals surface area contributed by atoms with Crippen LogP contribution < -0.4 is 24.8 Å². The number of methoxy groups -OCH3 is 3. The van der Waals surface area contributed by atoms with Crippen LogP contribution in [0.4, 0.5) is 4.79 Å². The summed E-state index contributed by atoms with van der Waals surface area (Å²) in [4.78, 5) is 11.7. The van der Waals surface area contributed by atoms with E-state index in [1.807, 2.05) is 12.1 Å². The van der Waals surface area contributed by atoms with E-state index in [2.05, 4.69) is 10.6 Å². The maximum absolute atomic E-state index is 11.7. The minimum absolute atomic E-state index is 0.157. The van der Waals surface area contributed by atoms with Crippen molar-refractivity contribution in [3.8, 4) is 17.2 Å². The van der Waals surface area contributed by atoms with Gasteiger partial charge in [-0.25, -0.2) is 4.79 Å². The van der Waals surface area contributed by atoms with Crippen LogP contribution >= 0.6 is 0 Å². The number of rotatable bonds is 7. The number of carbonyl (C=O) groups excluding carboxylic acids is 1. The molecule has 0 unspecified atom stereocenters. The number of hydrogen-bond donors (Lipinski definition) is 2. The van der Waals surface area contributed by atoms with Gasteiger partial charge in [0.05, 0.1) is 21.3 Å². The topological polar surface area (TPSA) is 68.8 Å². The van der Waals surface area contributed by atoms with E-state index in [-0.39, 0.29) is 6.03 Å². The Kier molecular flexibility index (Phi) is 5.14. The molecule has 1 aliphatic rings. The second-order valence-electron chi connectivity index (χ2n) is 5.04. The Balaban J connectivity index is 1.96. The van der Waals surface area contributed by atoms with Crippen molar-refractivity contribution in [2.75, 3.05) is 27.9 Å². The molecule has 21 heavy (non-hydrogen) atoms. The summed E-state index contributed by atoms with van der Waals surface area (Å²) < 4.78 is 15.8. The standard InChI is InChI=1S/C15H22N2O4/c1-19-12-6-11(7-13(20-2)14(12)21-3)9-17-15(18)16-8-10-4-5-10/h6-7,10H,4-5,8-9H2,1-3H3,(H2,16,17,18). The summed E-state index contributed by atoms with van der Waals surface area (Å²) in [6.07, 6.45) is 2.43. The van der Waals surface area contributed by atoms with Gasteiger partial charge >= 0.3 is 6.03 Å². The van der Waals surface area contributed by atoms with Gasteiger partial charge in [0.2, 0.25) is 5.75 Å². The largest absolute Gasteiger partial charge is 0.493 e. The highest BCUT2D eigenvalue weighted by molar-refractivity contribution is 5.73. The fraction of sp³-hybridized carbons (Fsp3) is 0.533. The average molecular weight is 294 g/mol. The van der Waals surface area contributed by atoms with Crippen molar-refractivity contribution in [1.29, 1.82) is 0 Å². The molecule has 2 N–H and O–H groups in total. The van der Waals surface area contributed by atoms with Gasteiger partial charge in [0.15, 0.2) is 11.5 Å². The zero-order valence-electron chi connectivity index (χ0n) is 12.7. The molecular weight excluding hydrogens is 272 g/mol. The van der Waals surface area contributed by atoms with Gasteiger partial charge in [-0.1, -0.05) is 0 Å². The van der Waals surface area contributed by atoms with Crippen molar-refractivity contribution in [3.63, 3.8) is 0 Å². The molecular formula is C15H22N2O4. The average Bonchev–Trinajstić information content (AvgIpc) is 3.33. The fourth-order valence-corrected chi connectivity index (χ4v) is 2.04. The van der Waals surface area contributed by atoms with Crippen LogP contribution in [0.15, 0.2) is 12.1 Å². The van der Waals surface area contributed by atoms with Gasteiger partial charge in [0.1, 0.15) is 0 Å². The molecule has 0 radical (unpaired) electrons. The number of ether oxygens (including phenoxy) is 3. The van der Waals surface area contributed by atoms with Gasteiger partial charge < -0.3 is 24.8 Å². The number of nitrogens with one attached hydrogen (secondary N) is 2. The maximum atomic E-state index is 11.7. The predicted molar refractivity (Wildman–Crippen MR) is 79.1 cm³/mol. The molecule has 2 rings (SSSR count). The first-order chi connectivity index (χ1) is 10.2. The summed E-state index contributed by atoms with van der Waals surface area (Å²) in [5.74, 6) is 2.36. The smallest absolute Gasteiger partial charge is 0.315 e. The predicted octanol–water partition coefficient (Wildman–Crippen LogP) is 1.92. The van der Waals surface area contributed by atoms with Crippen LogP contribution in [-0.4, -0.2) is 33.9 Å². The van der Waals surface area contributed by atoms with Crippen LogP contribution in [0.1, 0.15) is 18.4 Å². The van der Waals surface area contributed by atoms with E-state index >= 15 is 0 Å². The third-order valence-corrected chi connectivity index (χ3v) is 3.43. The normalized spacial score (nSPS) is 13.5. The summed E-state index contributed by atoms with van der Waals surface area (Å²) >= 11 is 0. The van der Waals surface area contributed by atoms with Crippen LogP contribution in [0.2, 0.25) is 0 Å². The van der Waals surface area contributed by atoms with E-state index in [1.54, 1.807) is 21.3 Å². The van der Waals surface area contributed by atoms with Gasteiger partial charge in [0.25, 0.3) is 0 Å². The lowest BCUT2D eigenvalue weighted by atomic mass is 10.2. The molecule has 1 saturated carbocycles. The van der Waals surface area contributed by atoms with Crippen molar-refractivity contribution in [3.05, 3.63) is 17.7 Å². The Morgan fingerprint density at radius 2 is 1.71 bits per heavy atom. The molecule has 0 saturated heterocycles. The monoisotopic (exact) mass is 294 g/mol. The summed E-state index contributed by atoms with van der Waals surface area (Å²) in [6, 6.07) is 3.49. The quantitative estimate of drug-likeness (QED) is 0.806. The lowest BCUT2D eigenvalue weighted by Gasteiger charge is -2.14. The molecule has 0 atom stereocenters. The van der Waals surface area contributed by atoms with Gasteiger partial charge in [0, 0.05) is 13.1 Å². The van der Waals surface area contributed by atoms with Gasteiger partial charge in [-0.15, -0.1) is 0 Å². The van der Waals surface area contributed by atoms with Crippen LogP contribution in [-0.2, 0) is 6.54 Å².